The topological polar surface area (TPSA) is 93.5 Å². The normalized spacial score (nSPS) is 12.4. The lowest BCUT2D eigenvalue weighted by Crippen LogP contribution is -2.19. The summed E-state index contributed by atoms with van der Waals surface area (Å²) in [6, 6.07) is 16.1. The molecule has 0 radical (unpaired) electrons. The molecule has 0 atom stereocenters. The van der Waals surface area contributed by atoms with Crippen LogP contribution >= 0.6 is 15.9 Å². The van der Waals surface area contributed by atoms with Gasteiger partial charge in [-0.2, -0.15) is 5.10 Å². The van der Waals surface area contributed by atoms with Crippen LogP contribution in [0.2, 0.25) is 0 Å². The van der Waals surface area contributed by atoms with Gasteiger partial charge in [0.2, 0.25) is 0 Å². The first-order valence-electron chi connectivity index (χ1n) is 8.55. The van der Waals surface area contributed by atoms with E-state index in [4.69, 9.17) is 9.84 Å². The van der Waals surface area contributed by atoms with Crippen molar-refractivity contribution in [3.63, 3.8) is 0 Å². The maximum Gasteiger partial charge on any atom is 0.412 e. The van der Waals surface area contributed by atoms with Gasteiger partial charge in [-0.05, 0) is 38.2 Å². The van der Waals surface area contributed by atoms with Gasteiger partial charge in [0.15, 0.2) is 5.69 Å². The summed E-state index contributed by atoms with van der Waals surface area (Å²) in [5.74, 6) is -1.03. The summed E-state index contributed by atoms with van der Waals surface area (Å²) in [6.07, 6.45) is -0.678. The van der Waals surface area contributed by atoms with Gasteiger partial charge in [-0.3, -0.25) is 10.00 Å². The number of hydrogen-bond donors (Lipinski definition) is 2. The highest BCUT2D eigenvalue weighted by atomic mass is 79.9. The van der Waals surface area contributed by atoms with Gasteiger partial charge < -0.3 is 9.84 Å². The molecule has 1 aliphatic carbocycles. The van der Waals surface area contributed by atoms with Crippen molar-refractivity contribution in [2.75, 3.05) is 11.9 Å². The summed E-state index contributed by atoms with van der Waals surface area (Å²) < 4.78 is 6.93. The van der Waals surface area contributed by atoms with Crippen molar-refractivity contribution in [2.45, 2.75) is 5.92 Å². The van der Waals surface area contributed by atoms with Crippen molar-refractivity contribution < 1.29 is 19.4 Å². The fourth-order valence-corrected chi connectivity index (χ4v) is 4.11. The zero-order chi connectivity index (χ0) is 19.8. The number of hydrogen-bond acceptors (Lipinski definition) is 4. The number of anilines is 1. The smallest absolute Gasteiger partial charge is 0.412 e. The summed E-state index contributed by atoms with van der Waals surface area (Å²) in [6.45, 7) is 0.168. The predicted molar refractivity (Wildman–Crippen MR) is 107 cm³/mol. The van der Waals surface area contributed by atoms with Crippen LogP contribution in [-0.2, 0) is 11.8 Å². The number of ether oxygens (including phenoxy) is 1. The van der Waals surface area contributed by atoms with E-state index in [1.54, 1.807) is 0 Å². The van der Waals surface area contributed by atoms with E-state index in [0.717, 1.165) is 22.3 Å². The first-order chi connectivity index (χ1) is 13.5. The average molecular weight is 442 g/mol. The SMILES string of the molecule is Cn1nc(C(=O)O)c(Br)c1NC(=O)OCC1c2ccccc2-c2ccccc21. The summed E-state index contributed by atoms with van der Waals surface area (Å²) in [5, 5.41) is 15.5. The fraction of sp³-hybridized carbons (Fsp3) is 0.150. The van der Waals surface area contributed by atoms with E-state index < -0.39 is 12.1 Å². The number of amides is 1. The third-order valence-electron chi connectivity index (χ3n) is 4.76. The second kappa shape index (κ2) is 7.12. The average Bonchev–Trinajstić information content (AvgIpc) is 3.16. The molecule has 3 aromatic rings. The molecule has 4 rings (SSSR count). The van der Waals surface area contributed by atoms with E-state index in [9.17, 15) is 9.59 Å². The second-order valence-electron chi connectivity index (χ2n) is 6.39. The Labute approximate surface area is 169 Å². The van der Waals surface area contributed by atoms with Gasteiger partial charge in [0, 0.05) is 13.0 Å². The highest BCUT2D eigenvalue weighted by molar-refractivity contribution is 9.10. The Morgan fingerprint density at radius 2 is 1.71 bits per heavy atom. The van der Waals surface area contributed by atoms with E-state index in [-0.39, 0.29) is 28.5 Å². The van der Waals surface area contributed by atoms with Crippen LogP contribution in [0.5, 0.6) is 0 Å². The molecule has 8 heteroatoms. The summed E-state index contributed by atoms with van der Waals surface area (Å²) in [7, 11) is 1.54. The first kappa shape index (κ1) is 18.2. The number of rotatable bonds is 4. The van der Waals surface area contributed by atoms with Crippen molar-refractivity contribution in [3.05, 3.63) is 69.8 Å². The Balaban J connectivity index is 1.51. The number of aromatic nitrogens is 2. The molecule has 1 amide bonds. The Hall–Kier alpha value is -3.13. The predicted octanol–water partition coefficient (Wildman–Crippen LogP) is 4.24. The van der Waals surface area contributed by atoms with Gasteiger partial charge in [0.05, 0.1) is 4.47 Å². The molecule has 0 saturated heterocycles. The largest absolute Gasteiger partial charge is 0.476 e. The lowest BCUT2D eigenvalue weighted by molar-refractivity contribution is 0.0688. The molecule has 0 saturated carbocycles. The van der Waals surface area contributed by atoms with Crippen molar-refractivity contribution in [3.8, 4) is 11.1 Å². The molecule has 1 aromatic heterocycles. The lowest BCUT2D eigenvalue weighted by Gasteiger charge is -2.14. The molecule has 2 aromatic carbocycles. The van der Waals surface area contributed by atoms with Gasteiger partial charge in [-0.15, -0.1) is 0 Å². The number of aromatic carboxylic acids is 1. The lowest BCUT2D eigenvalue weighted by atomic mass is 9.98. The van der Waals surface area contributed by atoms with Crippen LogP contribution in [0.4, 0.5) is 10.6 Å². The maximum atomic E-state index is 12.3. The van der Waals surface area contributed by atoms with Crippen LogP contribution in [-0.4, -0.2) is 33.6 Å². The zero-order valence-electron chi connectivity index (χ0n) is 14.8. The van der Waals surface area contributed by atoms with Crippen molar-refractivity contribution in [1.29, 1.82) is 0 Å². The number of carbonyl (C=O) groups is 2. The quantitative estimate of drug-likeness (QED) is 0.631. The second-order valence-corrected chi connectivity index (χ2v) is 7.18. The number of halogens is 1. The van der Waals surface area contributed by atoms with Gasteiger partial charge in [-0.25, -0.2) is 9.59 Å². The third-order valence-corrected chi connectivity index (χ3v) is 5.51. The number of nitrogens with zero attached hydrogens (tertiary/aromatic N) is 2. The van der Waals surface area contributed by atoms with Crippen molar-refractivity contribution >= 4 is 33.8 Å². The summed E-state index contributed by atoms with van der Waals surface area (Å²) >= 11 is 3.16. The standard InChI is InChI=1S/C20H16BrN3O4/c1-24-18(16(21)17(23-24)19(25)26)22-20(27)28-10-15-13-8-4-2-6-11(13)12-7-3-5-9-14(12)15/h2-9,15H,10H2,1H3,(H,22,27)(H,25,26). The molecule has 1 heterocycles. The molecular formula is C20H16BrN3O4. The van der Waals surface area contributed by atoms with E-state index in [1.165, 1.54) is 11.7 Å². The monoisotopic (exact) mass is 441 g/mol. The molecule has 0 unspecified atom stereocenters. The Bertz CT molecular complexity index is 1050. The Morgan fingerprint density at radius 3 is 2.25 bits per heavy atom. The molecule has 0 spiro atoms. The van der Waals surface area contributed by atoms with Gasteiger partial charge in [-0.1, -0.05) is 48.5 Å². The zero-order valence-corrected chi connectivity index (χ0v) is 16.4. The van der Waals surface area contributed by atoms with E-state index in [2.05, 4.69) is 38.5 Å². The molecule has 0 bridgehead atoms. The summed E-state index contributed by atoms with van der Waals surface area (Å²) in [4.78, 5) is 23.5. The molecule has 1 aliphatic rings. The molecular weight excluding hydrogens is 426 g/mol. The highest BCUT2D eigenvalue weighted by Gasteiger charge is 2.29. The number of benzene rings is 2. The number of nitrogens with one attached hydrogen (secondary N) is 1. The number of carboxylic acid groups (broad SMARTS) is 1. The van der Waals surface area contributed by atoms with Crippen LogP contribution in [0.15, 0.2) is 53.0 Å². The minimum Gasteiger partial charge on any atom is -0.476 e. The van der Waals surface area contributed by atoms with Gasteiger partial charge in [0.25, 0.3) is 0 Å². The minimum atomic E-state index is -1.19. The van der Waals surface area contributed by atoms with Gasteiger partial charge >= 0.3 is 12.1 Å². The van der Waals surface area contributed by atoms with E-state index in [1.807, 2.05) is 36.4 Å². The van der Waals surface area contributed by atoms with E-state index >= 15 is 0 Å². The fourth-order valence-electron chi connectivity index (χ4n) is 3.50. The number of carbonyl (C=O) groups excluding carboxylic acids is 1. The van der Waals surface area contributed by atoms with Crippen LogP contribution < -0.4 is 5.32 Å². The molecule has 142 valence electrons. The highest BCUT2D eigenvalue weighted by Crippen LogP contribution is 2.44. The van der Waals surface area contributed by atoms with Crippen LogP contribution in [0.1, 0.15) is 27.5 Å². The van der Waals surface area contributed by atoms with Crippen LogP contribution in [0.25, 0.3) is 11.1 Å². The van der Waals surface area contributed by atoms with Crippen molar-refractivity contribution in [1.82, 2.24) is 9.78 Å². The molecule has 2 N–H and O–H groups in total. The Morgan fingerprint density at radius 1 is 1.14 bits per heavy atom. The van der Waals surface area contributed by atoms with Gasteiger partial charge in [0.1, 0.15) is 12.4 Å². The number of fused-ring (bicyclic) bond motifs is 3. The summed E-state index contributed by atoms with van der Waals surface area (Å²) in [5.41, 5.74) is 4.34. The number of aryl methyl sites for hydroxylation is 1. The van der Waals surface area contributed by atoms with Crippen molar-refractivity contribution in [2.24, 2.45) is 7.05 Å². The Kier molecular flexibility index (Phi) is 4.64. The maximum absolute atomic E-state index is 12.3. The minimum absolute atomic E-state index is 0.0530. The van der Waals surface area contributed by atoms with Crippen LogP contribution in [0.3, 0.4) is 0 Å². The van der Waals surface area contributed by atoms with Crippen LogP contribution in [0, 0.1) is 0 Å². The molecule has 0 aliphatic heterocycles. The first-order valence-corrected chi connectivity index (χ1v) is 9.34. The molecule has 0 fully saturated rings. The molecule has 28 heavy (non-hydrogen) atoms. The van der Waals surface area contributed by atoms with E-state index in [0.29, 0.717) is 0 Å². The number of carboxylic acids is 1. The molecule has 7 nitrogen and oxygen atoms in total. The third kappa shape index (κ3) is 3.05.